The van der Waals surface area contributed by atoms with Gasteiger partial charge in [0.05, 0.1) is 16.9 Å². The number of rotatable bonds is 8. The quantitative estimate of drug-likeness (QED) is 0.226. The topological polar surface area (TPSA) is 91.2 Å². The van der Waals surface area contributed by atoms with Gasteiger partial charge < -0.3 is 10.4 Å². The summed E-state index contributed by atoms with van der Waals surface area (Å²) < 4.78 is 0. The van der Waals surface area contributed by atoms with Gasteiger partial charge >= 0.3 is 6.09 Å². The van der Waals surface area contributed by atoms with Crippen LogP contribution in [0.15, 0.2) is 97.5 Å². The average molecular weight is 532 g/mol. The van der Waals surface area contributed by atoms with E-state index in [1.807, 2.05) is 81.4 Å². The Bertz CT molecular complexity index is 1600. The summed E-state index contributed by atoms with van der Waals surface area (Å²) in [5.41, 5.74) is 7.34. The van der Waals surface area contributed by atoms with Crippen molar-refractivity contribution in [3.63, 3.8) is 0 Å². The molecule has 40 heavy (non-hydrogen) atoms. The molecule has 1 amide bonds. The lowest BCUT2D eigenvalue weighted by Gasteiger charge is -2.33. The molecule has 0 saturated carbocycles. The fourth-order valence-electron chi connectivity index (χ4n) is 4.72. The number of pyridine rings is 3. The molecule has 7 heteroatoms. The molecule has 202 valence electrons. The monoisotopic (exact) mass is 531 g/mol. The number of benzene rings is 2. The normalized spacial score (nSPS) is 11.5. The van der Waals surface area contributed by atoms with E-state index in [4.69, 9.17) is 4.98 Å². The van der Waals surface area contributed by atoms with E-state index < -0.39 is 11.6 Å². The Morgan fingerprint density at radius 2 is 1.57 bits per heavy atom. The van der Waals surface area contributed by atoms with Gasteiger partial charge in [-0.05, 0) is 61.7 Å². The maximum atomic E-state index is 11.8. The predicted molar refractivity (Wildman–Crippen MR) is 159 cm³/mol. The smallest absolute Gasteiger partial charge is 0.408 e. The van der Waals surface area contributed by atoms with Crippen LogP contribution in [0.25, 0.3) is 33.3 Å². The fourth-order valence-corrected chi connectivity index (χ4v) is 4.72. The van der Waals surface area contributed by atoms with Gasteiger partial charge in [0.25, 0.3) is 0 Å². The molecule has 0 aliphatic carbocycles. The Morgan fingerprint density at radius 1 is 0.850 bits per heavy atom. The molecule has 0 fully saturated rings. The second-order valence-electron chi connectivity index (χ2n) is 10.8. The summed E-state index contributed by atoms with van der Waals surface area (Å²) >= 11 is 0. The van der Waals surface area contributed by atoms with Crippen molar-refractivity contribution in [1.29, 1.82) is 0 Å². The summed E-state index contributed by atoms with van der Waals surface area (Å²) in [6.07, 6.45) is 4.47. The summed E-state index contributed by atoms with van der Waals surface area (Å²) in [5, 5.41) is 14.2. The van der Waals surface area contributed by atoms with Gasteiger partial charge in [-0.15, -0.1) is 0 Å². The molecular formula is C33H33N5O2. The van der Waals surface area contributed by atoms with Gasteiger partial charge in [0.2, 0.25) is 0 Å². The van der Waals surface area contributed by atoms with Crippen LogP contribution >= 0.6 is 0 Å². The van der Waals surface area contributed by atoms with Crippen molar-refractivity contribution in [2.24, 2.45) is 0 Å². The molecule has 0 aliphatic rings. The molecule has 2 aromatic carbocycles. The molecule has 0 saturated heterocycles. The Morgan fingerprint density at radius 3 is 2.25 bits per heavy atom. The molecule has 0 spiro atoms. The molecule has 7 nitrogen and oxygen atoms in total. The van der Waals surface area contributed by atoms with Crippen molar-refractivity contribution in [3.8, 4) is 22.4 Å². The molecule has 0 atom stereocenters. The minimum atomic E-state index is -0.932. The summed E-state index contributed by atoms with van der Waals surface area (Å²) in [6, 6.07) is 26.4. The number of hydrogen-bond donors (Lipinski definition) is 2. The summed E-state index contributed by atoms with van der Waals surface area (Å²) in [4.78, 5) is 27.2. The van der Waals surface area contributed by atoms with Crippen molar-refractivity contribution in [1.82, 2.24) is 25.2 Å². The van der Waals surface area contributed by atoms with Gasteiger partial charge in [0, 0.05) is 60.3 Å². The van der Waals surface area contributed by atoms with Crippen LogP contribution < -0.4 is 5.32 Å². The summed E-state index contributed by atoms with van der Waals surface area (Å²) in [6.45, 7) is 7.35. The van der Waals surface area contributed by atoms with Gasteiger partial charge in [-0.1, -0.05) is 54.6 Å². The molecule has 5 aromatic rings. The molecule has 0 unspecified atom stereocenters. The lowest BCUT2D eigenvalue weighted by atomic mass is 9.96. The van der Waals surface area contributed by atoms with Crippen LogP contribution in [-0.4, -0.2) is 36.6 Å². The Hall–Kier alpha value is -4.62. The average Bonchev–Trinajstić information content (AvgIpc) is 2.96. The third kappa shape index (κ3) is 6.16. The molecule has 0 bridgehead atoms. The van der Waals surface area contributed by atoms with E-state index in [-0.39, 0.29) is 0 Å². The van der Waals surface area contributed by atoms with Crippen molar-refractivity contribution in [2.75, 3.05) is 0 Å². The van der Waals surface area contributed by atoms with E-state index in [0.717, 1.165) is 56.7 Å². The standard InChI is InChI=1S/C33H33N5O2/c1-33(2,3)38(32(39)40)22-24-9-11-26(12-10-24)31-27(25-7-5-4-6-8-25)19-28-29(37-31)15-18-36-30(28)21-35-20-23-13-16-34-17-14-23/h4-19,35H,20-22H2,1-3H3,(H,39,40). The second-order valence-corrected chi connectivity index (χ2v) is 10.8. The van der Waals surface area contributed by atoms with Crippen molar-refractivity contribution >= 4 is 17.0 Å². The first-order chi connectivity index (χ1) is 19.3. The fraction of sp³-hybridized carbons (Fsp3) is 0.212. The maximum absolute atomic E-state index is 11.8. The number of aromatic nitrogens is 3. The van der Waals surface area contributed by atoms with Crippen molar-refractivity contribution in [2.45, 2.75) is 45.9 Å². The second kappa shape index (κ2) is 11.6. The molecule has 2 N–H and O–H groups in total. The summed E-state index contributed by atoms with van der Waals surface area (Å²) in [5.74, 6) is 0. The van der Waals surface area contributed by atoms with Crippen LogP contribution in [0.5, 0.6) is 0 Å². The first-order valence-electron chi connectivity index (χ1n) is 13.3. The number of nitrogens with one attached hydrogen (secondary N) is 1. The Balaban J connectivity index is 1.50. The highest BCUT2D eigenvalue weighted by Gasteiger charge is 2.26. The number of fused-ring (bicyclic) bond motifs is 1. The molecule has 0 aliphatic heterocycles. The number of carboxylic acid groups (broad SMARTS) is 1. The number of amides is 1. The first-order valence-corrected chi connectivity index (χ1v) is 13.3. The number of hydrogen-bond acceptors (Lipinski definition) is 5. The van der Waals surface area contributed by atoms with E-state index >= 15 is 0 Å². The number of nitrogens with zero attached hydrogens (tertiary/aromatic N) is 4. The van der Waals surface area contributed by atoms with Gasteiger partial charge in [-0.2, -0.15) is 0 Å². The van der Waals surface area contributed by atoms with E-state index in [0.29, 0.717) is 13.1 Å². The van der Waals surface area contributed by atoms with Gasteiger partial charge in [0.15, 0.2) is 0 Å². The van der Waals surface area contributed by atoms with Crippen LogP contribution in [0.3, 0.4) is 0 Å². The highest BCUT2D eigenvalue weighted by Crippen LogP contribution is 2.34. The van der Waals surface area contributed by atoms with Crippen molar-refractivity contribution < 1.29 is 9.90 Å². The van der Waals surface area contributed by atoms with Crippen LogP contribution in [0.1, 0.15) is 37.6 Å². The lowest BCUT2D eigenvalue weighted by Crippen LogP contribution is -2.44. The van der Waals surface area contributed by atoms with Crippen LogP contribution in [0.2, 0.25) is 0 Å². The third-order valence-corrected chi connectivity index (χ3v) is 6.89. The van der Waals surface area contributed by atoms with E-state index in [2.05, 4.69) is 33.5 Å². The predicted octanol–water partition coefficient (Wildman–Crippen LogP) is 6.93. The number of carbonyl (C=O) groups is 1. The van der Waals surface area contributed by atoms with E-state index in [1.54, 1.807) is 18.6 Å². The molecule has 0 radical (unpaired) electrons. The highest BCUT2D eigenvalue weighted by atomic mass is 16.4. The van der Waals surface area contributed by atoms with E-state index in [1.165, 1.54) is 4.90 Å². The van der Waals surface area contributed by atoms with Crippen LogP contribution in [-0.2, 0) is 19.6 Å². The SMILES string of the molecule is CC(C)(C)N(Cc1ccc(-c2nc3ccnc(CNCc4ccncc4)c3cc2-c2ccccc2)cc1)C(=O)O. The molecule has 5 rings (SSSR count). The molecular weight excluding hydrogens is 498 g/mol. The molecule has 3 heterocycles. The highest BCUT2D eigenvalue weighted by molar-refractivity contribution is 5.92. The lowest BCUT2D eigenvalue weighted by molar-refractivity contribution is 0.0955. The third-order valence-electron chi connectivity index (χ3n) is 6.89. The zero-order chi connectivity index (χ0) is 28.1. The minimum Gasteiger partial charge on any atom is -0.465 e. The van der Waals surface area contributed by atoms with Gasteiger partial charge in [0.1, 0.15) is 0 Å². The summed E-state index contributed by atoms with van der Waals surface area (Å²) in [7, 11) is 0. The first kappa shape index (κ1) is 27.0. The van der Waals surface area contributed by atoms with Crippen LogP contribution in [0.4, 0.5) is 4.79 Å². The zero-order valence-corrected chi connectivity index (χ0v) is 23.0. The van der Waals surface area contributed by atoms with Gasteiger partial charge in [-0.25, -0.2) is 9.78 Å². The van der Waals surface area contributed by atoms with Crippen molar-refractivity contribution in [3.05, 3.63) is 114 Å². The molecule has 3 aromatic heterocycles. The van der Waals surface area contributed by atoms with Gasteiger partial charge in [-0.3, -0.25) is 14.9 Å². The van der Waals surface area contributed by atoms with Crippen LogP contribution in [0, 0.1) is 0 Å². The minimum absolute atomic E-state index is 0.317. The zero-order valence-electron chi connectivity index (χ0n) is 23.0. The van der Waals surface area contributed by atoms with E-state index in [9.17, 15) is 9.90 Å². The Labute approximate surface area is 234 Å². The maximum Gasteiger partial charge on any atom is 0.408 e. The largest absolute Gasteiger partial charge is 0.465 e. The Kier molecular flexibility index (Phi) is 7.84.